The fraction of sp³-hybridized carbons (Fsp3) is 0.253. The van der Waals surface area contributed by atoms with E-state index in [1.807, 2.05) is 81.4 Å². The van der Waals surface area contributed by atoms with Crippen molar-refractivity contribution >= 4 is 45.4 Å². The van der Waals surface area contributed by atoms with Crippen LogP contribution < -0.4 is 4.90 Å². The number of hydrogen-bond acceptors (Lipinski definition) is 3. The Kier molecular flexibility index (Phi) is 26.0. The summed E-state index contributed by atoms with van der Waals surface area (Å²) in [5.41, 5.74) is 16.5. The molecule has 0 radical (unpaired) electrons. The van der Waals surface area contributed by atoms with Crippen molar-refractivity contribution in [2.45, 2.75) is 127 Å². The summed E-state index contributed by atoms with van der Waals surface area (Å²) in [5.74, 6) is -0.250. The van der Waals surface area contributed by atoms with Crippen LogP contribution in [-0.4, -0.2) is 12.1 Å². The van der Waals surface area contributed by atoms with E-state index in [9.17, 15) is 9.59 Å². The molecule has 0 bridgehead atoms. The van der Waals surface area contributed by atoms with Crippen LogP contribution in [-0.2, 0) is 11.2 Å². The Hall–Kier alpha value is -7.88. The van der Waals surface area contributed by atoms with Crippen LogP contribution in [0.5, 0.6) is 0 Å². The molecular weight excluding hydrogens is 947 g/mol. The first-order chi connectivity index (χ1) is 38.0. The second kappa shape index (κ2) is 33.3. The van der Waals surface area contributed by atoms with Gasteiger partial charge in [0.25, 0.3) is 0 Å². The molecule has 1 aliphatic carbocycles. The molecule has 0 fully saturated rings. The number of para-hydroxylation sites is 2. The fourth-order valence-electron chi connectivity index (χ4n) is 9.49. The van der Waals surface area contributed by atoms with E-state index in [2.05, 4.69) is 211 Å². The first kappa shape index (κ1) is 61.0. The van der Waals surface area contributed by atoms with Crippen LogP contribution in [0.2, 0.25) is 0 Å². The lowest BCUT2D eigenvalue weighted by Gasteiger charge is -2.26. The second-order valence-corrected chi connectivity index (χ2v) is 19.8. The Bertz CT molecular complexity index is 3140. The lowest BCUT2D eigenvalue weighted by Crippen LogP contribution is -2.14. The average Bonchev–Trinajstić information content (AvgIpc) is 3.54. The summed E-state index contributed by atoms with van der Waals surface area (Å²) >= 11 is 0. The molecule has 0 N–H and O–H groups in total. The highest BCUT2D eigenvalue weighted by Crippen LogP contribution is 2.38. The van der Waals surface area contributed by atoms with Gasteiger partial charge in [0.2, 0.25) is 0 Å². The lowest BCUT2D eigenvalue weighted by molar-refractivity contribution is -0.104. The number of anilines is 2. The number of aldehydes is 1. The summed E-state index contributed by atoms with van der Waals surface area (Å²) < 4.78 is 0. The fourth-order valence-corrected chi connectivity index (χ4v) is 9.49. The van der Waals surface area contributed by atoms with E-state index in [0.29, 0.717) is 17.6 Å². The van der Waals surface area contributed by atoms with Crippen molar-refractivity contribution in [3.8, 4) is 0 Å². The Labute approximate surface area is 469 Å². The number of ketones is 1. The highest BCUT2D eigenvalue weighted by atomic mass is 16.1. The molecule has 7 aromatic carbocycles. The summed E-state index contributed by atoms with van der Waals surface area (Å²) in [6.07, 6.45) is 23.4. The Balaban J connectivity index is 0.000000527. The number of allylic oxidation sites excluding steroid dienone is 14. The number of aryl methyl sites for hydroxylation is 3. The molecule has 1 aliphatic rings. The van der Waals surface area contributed by atoms with Crippen molar-refractivity contribution < 1.29 is 9.59 Å². The van der Waals surface area contributed by atoms with Gasteiger partial charge in [0.1, 0.15) is 0 Å². The van der Waals surface area contributed by atoms with Gasteiger partial charge < -0.3 is 4.90 Å². The topological polar surface area (TPSA) is 37.4 Å². The number of Topliss-reactive ketones (excluding diaryl/α,β-unsaturated/α-hetero) is 1. The van der Waals surface area contributed by atoms with Crippen LogP contribution in [0, 0.1) is 13.8 Å². The normalized spacial score (nSPS) is 13.0. The van der Waals surface area contributed by atoms with E-state index >= 15 is 0 Å². The first-order valence-electron chi connectivity index (χ1n) is 28.5. The lowest BCUT2D eigenvalue weighted by atomic mass is 9.82. The second-order valence-electron chi connectivity index (χ2n) is 19.8. The molecule has 8 rings (SSSR count). The van der Waals surface area contributed by atoms with Crippen LogP contribution in [0.3, 0.4) is 0 Å². The molecule has 402 valence electrons. The van der Waals surface area contributed by atoms with Crippen LogP contribution in [0.25, 0.3) is 21.9 Å². The quantitative estimate of drug-likeness (QED) is 0.0202. The maximum absolute atomic E-state index is 14.6. The molecule has 0 heterocycles. The number of rotatable bonds is 19. The summed E-state index contributed by atoms with van der Waals surface area (Å²) in [6.45, 7) is 21.2. The zero-order valence-electron chi connectivity index (χ0n) is 48.5. The molecule has 0 unspecified atom stereocenters. The van der Waals surface area contributed by atoms with Crippen molar-refractivity contribution in [2.75, 3.05) is 4.90 Å². The molecule has 0 aliphatic heterocycles. The monoisotopic (exact) mass is 1030 g/mol. The van der Waals surface area contributed by atoms with Crippen LogP contribution in [0.1, 0.15) is 145 Å². The highest BCUT2D eigenvalue weighted by molar-refractivity contribution is 6.27. The molecular formula is C75H85NO2. The van der Waals surface area contributed by atoms with Gasteiger partial charge in [0.15, 0.2) is 12.1 Å². The zero-order chi connectivity index (χ0) is 56.1. The van der Waals surface area contributed by atoms with Crippen molar-refractivity contribution in [1.29, 1.82) is 0 Å². The van der Waals surface area contributed by atoms with Crippen LogP contribution in [0.15, 0.2) is 252 Å². The van der Waals surface area contributed by atoms with Crippen LogP contribution in [0.4, 0.5) is 11.4 Å². The molecule has 0 amide bonds. The van der Waals surface area contributed by atoms with Gasteiger partial charge >= 0.3 is 0 Å². The molecule has 3 nitrogen and oxygen atoms in total. The van der Waals surface area contributed by atoms with Crippen molar-refractivity contribution in [3.63, 3.8) is 0 Å². The molecule has 0 atom stereocenters. The number of hydrogen-bond donors (Lipinski definition) is 0. The maximum Gasteiger partial charge on any atom is 0.197 e. The number of carbonyl (C=O) groups is 2. The van der Waals surface area contributed by atoms with Gasteiger partial charge in [-0.05, 0) is 170 Å². The van der Waals surface area contributed by atoms with E-state index in [-0.39, 0.29) is 11.4 Å². The van der Waals surface area contributed by atoms with Gasteiger partial charge in [-0.3, -0.25) is 9.59 Å². The minimum absolute atomic E-state index is 0.191. The third-order valence-corrected chi connectivity index (χ3v) is 13.8. The van der Waals surface area contributed by atoms with Gasteiger partial charge in [-0.25, -0.2) is 0 Å². The van der Waals surface area contributed by atoms with Gasteiger partial charge in [-0.2, -0.15) is 0 Å². The predicted molar refractivity (Wildman–Crippen MR) is 340 cm³/mol. The summed E-state index contributed by atoms with van der Waals surface area (Å²) in [5, 5.41) is 2.04. The number of nitrogens with zero attached hydrogens (tertiary/aromatic N) is 1. The highest BCUT2D eigenvalue weighted by Gasteiger charge is 2.24. The number of unbranched alkanes of at least 4 members (excludes halogenated alkanes) is 1. The largest absolute Gasteiger partial charge is 0.315 e. The molecule has 78 heavy (non-hydrogen) atoms. The standard InChI is InChI=1S/C57H59NO2.C9H12.C7H8.C2H6/c1-7-9-19-41(3)26-27-42(4)45-30-34-48(35-31-45)56(55(40-59)57(60)54-39-51-21-17-16-20-50(51)38-43(54)5)49-36-32-47(33-37-49)46(18-8-2)29-28-44(6)58(52-22-12-10-13-23-52)53-24-14-11-15-25-53;1-2-6-9-7-4-3-5-8-9;1-7-5-3-2-4-6-7;1-2/h10-17,20-32,34-36,38-40H,7-9,18-19,33,37H2,1-6H3;3-5,7-8H,2,6H2,1H3;2-6H,1H3;1-2H3/b41-26-,42-27+,44-28+,46-29+,56-55+;;;. The van der Waals surface area contributed by atoms with E-state index in [4.69, 9.17) is 0 Å². The average molecular weight is 1030 g/mol. The smallest absolute Gasteiger partial charge is 0.197 e. The third kappa shape index (κ3) is 18.4. The third-order valence-electron chi connectivity index (χ3n) is 13.8. The van der Waals surface area contributed by atoms with Gasteiger partial charge in [0, 0.05) is 22.6 Å². The summed E-state index contributed by atoms with van der Waals surface area (Å²) in [4.78, 5) is 30.1. The summed E-state index contributed by atoms with van der Waals surface area (Å²) in [6, 6.07) is 62.2. The number of carbonyl (C=O) groups excluding carboxylic acids is 2. The molecule has 0 saturated heterocycles. The van der Waals surface area contributed by atoms with Gasteiger partial charge in [-0.15, -0.1) is 0 Å². The predicted octanol–water partition coefficient (Wildman–Crippen LogP) is 21.3. The zero-order valence-corrected chi connectivity index (χ0v) is 48.5. The van der Waals surface area contributed by atoms with Crippen molar-refractivity contribution in [3.05, 3.63) is 285 Å². The molecule has 7 aromatic rings. The Morgan fingerprint density at radius 3 is 1.58 bits per heavy atom. The van der Waals surface area contributed by atoms with E-state index in [1.54, 1.807) is 0 Å². The maximum atomic E-state index is 14.6. The Morgan fingerprint density at radius 2 is 1.06 bits per heavy atom. The SMILES string of the molecule is CC.CCCC/C(C)=C\C=C(/C)c1ccc(/C(C2=CC=C(/C(=C/C=C(\C)N(c3ccccc3)c3ccccc3)CCC)CC2)=C(/C=O)C(=O)c2cc3ccccc3cc2C)cc1.CCCc1ccccc1.Cc1ccccc1. The summed E-state index contributed by atoms with van der Waals surface area (Å²) in [7, 11) is 0. The van der Waals surface area contributed by atoms with Crippen LogP contribution >= 0.6 is 0 Å². The van der Waals surface area contributed by atoms with E-state index in [0.717, 1.165) is 82.1 Å². The van der Waals surface area contributed by atoms with Gasteiger partial charge in [0.05, 0.1) is 5.57 Å². The first-order valence-corrected chi connectivity index (χ1v) is 28.5. The molecule has 0 aromatic heterocycles. The molecule has 3 heteroatoms. The van der Waals surface area contributed by atoms with E-state index < -0.39 is 0 Å². The van der Waals surface area contributed by atoms with Crippen molar-refractivity contribution in [1.82, 2.24) is 0 Å². The Morgan fingerprint density at radius 1 is 0.538 bits per heavy atom. The van der Waals surface area contributed by atoms with Gasteiger partial charge in [-0.1, -0.05) is 247 Å². The minimum Gasteiger partial charge on any atom is -0.315 e. The van der Waals surface area contributed by atoms with E-state index in [1.165, 1.54) is 59.1 Å². The minimum atomic E-state index is -0.250. The molecule has 0 spiro atoms. The van der Waals surface area contributed by atoms with Crippen molar-refractivity contribution in [2.24, 2.45) is 0 Å². The number of benzene rings is 7. The number of fused-ring (bicyclic) bond motifs is 1. The molecule has 0 saturated carbocycles.